The number of aryl methyl sites for hydroxylation is 1. The summed E-state index contributed by atoms with van der Waals surface area (Å²) in [7, 11) is 0. The molecule has 0 radical (unpaired) electrons. The van der Waals surface area contributed by atoms with E-state index in [0.29, 0.717) is 24.6 Å². The van der Waals surface area contributed by atoms with Gasteiger partial charge in [0.05, 0.1) is 0 Å². The van der Waals surface area contributed by atoms with Crippen LogP contribution in [0.1, 0.15) is 44.1 Å². The minimum absolute atomic E-state index is 0.149. The van der Waals surface area contributed by atoms with Crippen LogP contribution in [-0.2, 0) is 19.5 Å². The smallest absolute Gasteiger partial charge is 0.127 e. The third kappa shape index (κ3) is 4.39. The Morgan fingerprint density at radius 1 is 1.33 bits per heavy atom. The molecular formula is C17H24FN3. The molecule has 0 aliphatic heterocycles. The van der Waals surface area contributed by atoms with Crippen molar-refractivity contribution in [2.75, 3.05) is 0 Å². The van der Waals surface area contributed by atoms with Gasteiger partial charge in [-0.1, -0.05) is 32.9 Å². The molecule has 114 valence electrons. The highest BCUT2D eigenvalue weighted by Gasteiger charge is 2.09. The van der Waals surface area contributed by atoms with Crippen LogP contribution in [0.2, 0.25) is 0 Å². The van der Waals surface area contributed by atoms with Crippen LogP contribution >= 0.6 is 0 Å². The van der Waals surface area contributed by atoms with E-state index in [4.69, 9.17) is 0 Å². The second-order valence-electron chi connectivity index (χ2n) is 5.68. The number of nitrogens with zero attached hydrogens (tertiary/aromatic N) is 2. The fourth-order valence-electron chi connectivity index (χ4n) is 2.29. The summed E-state index contributed by atoms with van der Waals surface area (Å²) in [5.41, 5.74) is 1.67. The van der Waals surface area contributed by atoms with Gasteiger partial charge in [0.1, 0.15) is 11.6 Å². The number of halogens is 1. The molecule has 0 aliphatic rings. The summed E-state index contributed by atoms with van der Waals surface area (Å²) < 4.78 is 16.3. The lowest BCUT2D eigenvalue weighted by atomic mass is 10.1. The standard InChI is InChI=1S/C17H24FN3/c1-4-8-21-9-7-19-17(21)11-15-6-5-14(10-16(15)18)12-20-13(2)3/h5-7,9-10,13,20H,4,8,11-12H2,1-3H3. The summed E-state index contributed by atoms with van der Waals surface area (Å²) in [5, 5.41) is 3.30. The molecule has 4 heteroatoms. The third-order valence-corrected chi connectivity index (χ3v) is 3.45. The number of aromatic nitrogens is 2. The van der Waals surface area contributed by atoms with Crippen molar-refractivity contribution in [3.05, 3.63) is 53.4 Å². The molecule has 1 N–H and O–H groups in total. The van der Waals surface area contributed by atoms with Crippen LogP contribution in [-0.4, -0.2) is 15.6 Å². The van der Waals surface area contributed by atoms with E-state index in [-0.39, 0.29) is 5.82 Å². The van der Waals surface area contributed by atoms with Crippen molar-refractivity contribution in [1.29, 1.82) is 0 Å². The first-order valence-electron chi connectivity index (χ1n) is 7.60. The van der Waals surface area contributed by atoms with E-state index in [1.165, 1.54) is 0 Å². The lowest BCUT2D eigenvalue weighted by Gasteiger charge is -2.10. The van der Waals surface area contributed by atoms with Gasteiger partial charge >= 0.3 is 0 Å². The van der Waals surface area contributed by atoms with Gasteiger partial charge in [0.15, 0.2) is 0 Å². The summed E-state index contributed by atoms with van der Waals surface area (Å²) in [5.74, 6) is 0.771. The molecule has 0 atom stereocenters. The number of imidazole rings is 1. The Bertz CT molecular complexity index is 575. The van der Waals surface area contributed by atoms with Crippen molar-refractivity contribution in [2.24, 2.45) is 0 Å². The molecule has 0 aliphatic carbocycles. The Morgan fingerprint density at radius 3 is 2.81 bits per heavy atom. The van der Waals surface area contributed by atoms with Crippen molar-refractivity contribution in [3.8, 4) is 0 Å². The van der Waals surface area contributed by atoms with Crippen LogP contribution in [0.15, 0.2) is 30.6 Å². The van der Waals surface area contributed by atoms with Gasteiger partial charge in [-0.05, 0) is 23.6 Å². The average Bonchev–Trinajstić information content (AvgIpc) is 2.87. The maximum absolute atomic E-state index is 14.2. The zero-order valence-electron chi connectivity index (χ0n) is 13.1. The quantitative estimate of drug-likeness (QED) is 0.845. The predicted octanol–water partition coefficient (Wildman–Crippen LogP) is 3.52. The lowest BCUT2D eigenvalue weighted by Crippen LogP contribution is -2.21. The van der Waals surface area contributed by atoms with Crippen molar-refractivity contribution in [2.45, 2.75) is 52.7 Å². The van der Waals surface area contributed by atoms with Gasteiger partial charge in [-0.25, -0.2) is 9.37 Å². The maximum atomic E-state index is 14.2. The monoisotopic (exact) mass is 289 g/mol. The summed E-state index contributed by atoms with van der Waals surface area (Å²) >= 11 is 0. The highest BCUT2D eigenvalue weighted by Crippen LogP contribution is 2.15. The zero-order valence-corrected chi connectivity index (χ0v) is 13.1. The Hall–Kier alpha value is -1.68. The van der Waals surface area contributed by atoms with Gasteiger partial charge in [-0.3, -0.25) is 0 Å². The molecular weight excluding hydrogens is 265 g/mol. The second-order valence-corrected chi connectivity index (χ2v) is 5.68. The zero-order chi connectivity index (χ0) is 15.2. The Morgan fingerprint density at radius 2 is 2.14 bits per heavy atom. The van der Waals surface area contributed by atoms with Gasteiger partial charge in [0.2, 0.25) is 0 Å². The fourth-order valence-corrected chi connectivity index (χ4v) is 2.29. The molecule has 0 spiro atoms. The van der Waals surface area contributed by atoms with E-state index in [2.05, 4.69) is 35.6 Å². The van der Waals surface area contributed by atoms with Crippen LogP contribution in [0, 0.1) is 5.82 Å². The first-order chi connectivity index (χ1) is 10.1. The fraction of sp³-hybridized carbons (Fsp3) is 0.471. The van der Waals surface area contributed by atoms with E-state index < -0.39 is 0 Å². The topological polar surface area (TPSA) is 29.9 Å². The van der Waals surface area contributed by atoms with E-state index in [1.54, 1.807) is 12.3 Å². The molecule has 2 rings (SSSR count). The van der Waals surface area contributed by atoms with Gasteiger partial charge in [-0.2, -0.15) is 0 Å². The number of nitrogens with one attached hydrogen (secondary N) is 1. The van der Waals surface area contributed by atoms with Crippen molar-refractivity contribution < 1.29 is 4.39 Å². The summed E-state index contributed by atoms with van der Waals surface area (Å²) in [4.78, 5) is 4.34. The van der Waals surface area contributed by atoms with Crippen LogP contribution in [0.4, 0.5) is 4.39 Å². The highest BCUT2D eigenvalue weighted by molar-refractivity contribution is 5.27. The number of hydrogen-bond donors (Lipinski definition) is 1. The van der Waals surface area contributed by atoms with Crippen LogP contribution in [0.5, 0.6) is 0 Å². The second kappa shape index (κ2) is 7.36. The normalized spacial score (nSPS) is 11.3. The minimum Gasteiger partial charge on any atom is -0.335 e. The Labute approximate surface area is 126 Å². The Balaban J connectivity index is 2.08. The summed E-state index contributed by atoms with van der Waals surface area (Å²) in [6.45, 7) is 7.91. The minimum atomic E-state index is -0.149. The molecule has 0 saturated carbocycles. The lowest BCUT2D eigenvalue weighted by molar-refractivity contribution is 0.576. The first-order valence-corrected chi connectivity index (χ1v) is 7.60. The van der Waals surface area contributed by atoms with Gasteiger partial charge in [0.25, 0.3) is 0 Å². The molecule has 1 aromatic heterocycles. The average molecular weight is 289 g/mol. The SMILES string of the molecule is CCCn1ccnc1Cc1ccc(CNC(C)C)cc1F. The molecule has 0 unspecified atom stereocenters. The molecule has 0 bridgehead atoms. The molecule has 0 saturated heterocycles. The largest absolute Gasteiger partial charge is 0.335 e. The van der Waals surface area contributed by atoms with Gasteiger partial charge in [-0.15, -0.1) is 0 Å². The number of hydrogen-bond acceptors (Lipinski definition) is 2. The molecule has 0 fully saturated rings. The Kier molecular flexibility index (Phi) is 5.51. The number of rotatable bonds is 7. The third-order valence-electron chi connectivity index (χ3n) is 3.45. The van der Waals surface area contributed by atoms with E-state index >= 15 is 0 Å². The van der Waals surface area contributed by atoms with Crippen LogP contribution in [0.25, 0.3) is 0 Å². The van der Waals surface area contributed by atoms with E-state index in [0.717, 1.165) is 24.4 Å². The molecule has 21 heavy (non-hydrogen) atoms. The first kappa shape index (κ1) is 15.7. The number of benzene rings is 1. The van der Waals surface area contributed by atoms with Gasteiger partial charge < -0.3 is 9.88 Å². The van der Waals surface area contributed by atoms with E-state index in [1.807, 2.05) is 18.3 Å². The van der Waals surface area contributed by atoms with Crippen LogP contribution < -0.4 is 5.32 Å². The molecule has 3 nitrogen and oxygen atoms in total. The molecule has 1 heterocycles. The maximum Gasteiger partial charge on any atom is 0.127 e. The van der Waals surface area contributed by atoms with E-state index in [9.17, 15) is 4.39 Å². The summed E-state index contributed by atoms with van der Waals surface area (Å²) in [6, 6.07) is 5.88. The summed E-state index contributed by atoms with van der Waals surface area (Å²) in [6.07, 6.45) is 5.32. The predicted molar refractivity (Wildman–Crippen MR) is 83.7 cm³/mol. The van der Waals surface area contributed by atoms with Crippen molar-refractivity contribution >= 4 is 0 Å². The van der Waals surface area contributed by atoms with Crippen molar-refractivity contribution in [3.63, 3.8) is 0 Å². The molecule has 1 aromatic carbocycles. The van der Waals surface area contributed by atoms with Crippen LogP contribution in [0.3, 0.4) is 0 Å². The van der Waals surface area contributed by atoms with Crippen molar-refractivity contribution in [1.82, 2.24) is 14.9 Å². The molecule has 0 amide bonds. The highest BCUT2D eigenvalue weighted by atomic mass is 19.1. The van der Waals surface area contributed by atoms with Gasteiger partial charge in [0, 0.05) is 37.9 Å². The molecule has 2 aromatic rings.